The number of pyridine rings is 1. The number of carbonyl (C=O) groups is 2. The predicted octanol–water partition coefficient (Wildman–Crippen LogP) is 6.72. The second kappa shape index (κ2) is 13.0. The number of nitrogens with one attached hydrogen (secondary N) is 1. The van der Waals surface area contributed by atoms with Gasteiger partial charge in [0.05, 0.1) is 37.3 Å². The van der Waals surface area contributed by atoms with Crippen LogP contribution in [0, 0.1) is 13.8 Å². The van der Waals surface area contributed by atoms with Crippen LogP contribution in [0.25, 0.3) is 5.57 Å². The third kappa shape index (κ3) is 6.62. The van der Waals surface area contributed by atoms with Crippen LogP contribution in [0.2, 0.25) is 0 Å². The molecule has 1 amide bonds. The van der Waals surface area contributed by atoms with Gasteiger partial charge in [0.15, 0.2) is 5.76 Å². The highest BCUT2D eigenvalue weighted by Gasteiger charge is 2.23. The average molecular weight is 546 g/mol. The molecule has 1 N–H and O–H groups in total. The van der Waals surface area contributed by atoms with Crippen LogP contribution in [0.15, 0.2) is 52.6 Å². The monoisotopic (exact) mass is 545 g/mol. The van der Waals surface area contributed by atoms with Crippen LogP contribution in [-0.2, 0) is 16.1 Å². The van der Waals surface area contributed by atoms with Crippen LogP contribution in [0.4, 0.5) is 11.5 Å². The number of hydrogen-bond donors (Lipinski definition) is 1. The van der Waals surface area contributed by atoms with Crippen molar-refractivity contribution in [2.45, 2.75) is 66.6 Å². The number of rotatable bonds is 9. The highest BCUT2D eigenvalue weighted by Crippen LogP contribution is 2.30. The van der Waals surface area contributed by atoms with Crippen molar-refractivity contribution in [2.24, 2.45) is 0 Å². The maximum absolute atomic E-state index is 13.0. The summed E-state index contributed by atoms with van der Waals surface area (Å²) in [6, 6.07) is 11.1. The molecule has 3 aromatic rings. The summed E-state index contributed by atoms with van der Waals surface area (Å²) in [5.74, 6) is 1.35. The van der Waals surface area contributed by atoms with E-state index in [-0.39, 0.29) is 18.0 Å². The lowest BCUT2D eigenvalue weighted by Gasteiger charge is -2.32. The summed E-state index contributed by atoms with van der Waals surface area (Å²) in [4.78, 5) is 31.6. The van der Waals surface area contributed by atoms with Gasteiger partial charge in [0.25, 0.3) is 5.91 Å². The number of benzene rings is 1. The molecule has 8 heteroatoms. The van der Waals surface area contributed by atoms with Crippen molar-refractivity contribution in [2.75, 3.05) is 30.4 Å². The number of methoxy groups -OCH3 is 1. The molecule has 4 rings (SSSR count). The Morgan fingerprint density at radius 3 is 2.45 bits per heavy atom. The Hall–Kier alpha value is -3.91. The normalized spacial score (nSPS) is 14.6. The fourth-order valence-electron chi connectivity index (χ4n) is 4.84. The first-order chi connectivity index (χ1) is 19.2. The molecule has 0 saturated carbocycles. The van der Waals surface area contributed by atoms with Crippen molar-refractivity contribution in [3.63, 3.8) is 0 Å². The van der Waals surface area contributed by atoms with Crippen LogP contribution in [0.5, 0.6) is 0 Å². The third-order valence-electron chi connectivity index (χ3n) is 7.77. The number of esters is 1. The Morgan fingerprint density at radius 1 is 1.07 bits per heavy atom. The molecule has 1 saturated heterocycles. The number of allylic oxidation sites excluding steroid dienone is 2. The predicted molar refractivity (Wildman–Crippen MR) is 157 cm³/mol. The zero-order chi connectivity index (χ0) is 28.8. The number of aromatic nitrogens is 1. The Labute approximate surface area is 236 Å². The van der Waals surface area contributed by atoms with Crippen molar-refractivity contribution in [1.29, 1.82) is 0 Å². The summed E-state index contributed by atoms with van der Waals surface area (Å²) in [5, 5.41) is 2.93. The van der Waals surface area contributed by atoms with E-state index in [2.05, 4.69) is 29.0 Å². The number of hydrogen-bond acceptors (Lipinski definition) is 7. The fourth-order valence-corrected chi connectivity index (χ4v) is 4.84. The molecule has 0 radical (unpaired) electrons. The zero-order valence-corrected chi connectivity index (χ0v) is 24.3. The van der Waals surface area contributed by atoms with Gasteiger partial charge >= 0.3 is 5.97 Å². The lowest BCUT2D eigenvalue weighted by Crippen LogP contribution is -2.37. The van der Waals surface area contributed by atoms with Crippen LogP contribution >= 0.6 is 0 Å². The molecule has 1 aromatic carbocycles. The fraction of sp³-hybridized carbons (Fsp3) is 0.406. The van der Waals surface area contributed by atoms with Crippen molar-refractivity contribution in [3.8, 4) is 0 Å². The summed E-state index contributed by atoms with van der Waals surface area (Å²) >= 11 is 0. The summed E-state index contributed by atoms with van der Waals surface area (Å²) in [6.07, 6.45) is 4.51. The van der Waals surface area contributed by atoms with Gasteiger partial charge in [-0.1, -0.05) is 24.6 Å². The SMILES string of the molecule is CC/C(C)=C(/C)c1oc(C(=O)Nc2ccc(N3CCC(OCc4cccc(C(=O)OC)c4)CC3)nc2)c(C)c1C. The van der Waals surface area contributed by atoms with E-state index in [4.69, 9.17) is 13.9 Å². The molecule has 3 heterocycles. The molecule has 1 aliphatic rings. The second-order valence-corrected chi connectivity index (χ2v) is 10.3. The highest BCUT2D eigenvalue weighted by atomic mass is 16.5. The maximum Gasteiger partial charge on any atom is 0.337 e. The van der Waals surface area contributed by atoms with E-state index in [1.54, 1.807) is 12.3 Å². The first-order valence-corrected chi connectivity index (χ1v) is 13.8. The van der Waals surface area contributed by atoms with E-state index < -0.39 is 0 Å². The van der Waals surface area contributed by atoms with Gasteiger partial charge in [-0.25, -0.2) is 9.78 Å². The molecule has 0 bridgehead atoms. The number of amides is 1. The van der Waals surface area contributed by atoms with E-state index in [0.717, 1.165) is 66.2 Å². The Bertz CT molecular complexity index is 1380. The van der Waals surface area contributed by atoms with E-state index in [0.29, 0.717) is 23.6 Å². The molecule has 40 heavy (non-hydrogen) atoms. The minimum absolute atomic E-state index is 0.140. The Balaban J connectivity index is 1.30. The van der Waals surface area contributed by atoms with Gasteiger partial charge in [-0.15, -0.1) is 0 Å². The van der Waals surface area contributed by atoms with E-state index in [9.17, 15) is 9.59 Å². The van der Waals surface area contributed by atoms with E-state index in [1.807, 2.05) is 51.1 Å². The Kier molecular flexibility index (Phi) is 9.42. The molecule has 2 aromatic heterocycles. The molecule has 212 valence electrons. The van der Waals surface area contributed by atoms with Crippen molar-refractivity contribution < 1.29 is 23.5 Å². The first kappa shape index (κ1) is 29.1. The second-order valence-electron chi connectivity index (χ2n) is 10.3. The summed E-state index contributed by atoms with van der Waals surface area (Å²) < 4.78 is 16.9. The number of carbonyl (C=O) groups excluding carboxylic acids is 2. The van der Waals surface area contributed by atoms with Gasteiger partial charge in [0.1, 0.15) is 11.6 Å². The number of ether oxygens (including phenoxy) is 2. The quantitative estimate of drug-likeness (QED) is 0.298. The topological polar surface area (TPSA) is 93.9 Å². The third-order valence-corrected chi connectivity index (χ3v) is 7.77. The van der Waals surface area contributed by atoms with E-state index >= 15 is 0 Å². The maximum atomic E-state index is 13.0. The molecule has 0 aliphatic carbocycles. The Morgan fingerprint density at radius 2 is 1.80 bits per heavy atom. The van der Waals surface area contributed by atoms with Crippen LogP contribution < -0.4 is 10.2 Å². The largest absolute Gasteiger partial charge is 0.465 e. The smallest absolute Gasteiger partial charge is 0.337 e. The van der Waals surface area contributed by atoms with Gasteiger partial charge in [-0.3, -0.25) is 4.79 Å². The van der Waals surface area contributed by atoms with Crippen LogP contribution in [0.1, 0.15) is 83.4 Å². The summed E-state index contributed by atoms with van der Waals surface area (Å²) in [6.45, 7) is 12.2. The molecule has 8 nitrogen and oxygen atoms in total. The number of anilines is 2. The standard InChI is InChI=1S/C32H39N3O5/c1-7-20(2)21(3)29-22(4)23(5)30(40-29)31(36)34-26-11-12-28(33-18-26)35-15-13-27(14-16-35)39-19-24-9-8-10-25(17-24)32(37)38-6/h8-12,17-18,27H,7,13-16,19H2,1-6H3,(H,34,36)/b21-20-. The zero-order valence-electron chi connectivity index (χ0n) is 24.3. The number of piperidine rings is 1. The average Bonchev–Trinajstić information content (AvgIpc) is 3.29. The van der Waals surface area contributed by atoms with Gasteiger partial charge in [-0.2, -0.15) is 0 Å². The van der Waals surface area contributed by atoms with Crippen molar-refractivity contribution in [1.82, 2.24) is 4.98 Å². The van der Waals surface area contributed by atoms with Gasteiger partial charge in [-0.05, 0) is 87.9 Å². The lowest BCUT2D eigenvalue weighted by atomic mass is 10.0. The lowest BCUT2D eigenvalue weighted by molar-refractivity contribution is 0.0250. The van der Waals surface area contributed by atoms with Gasteiger partial charge in [0.2, 0.25) is 0 Å². The molecule has 1 fully saturated rings. The van der Waals surface area contributed by atoms with Crippen molar-refractivity contribution in [3.05, 3.63) is 81.9 Å². The molecular formula is C32H39N3O5. The molecular weight excluding hydrogens is 506 g/mol. The summed E-state index contributed by atoms with van der Waals surface area (Å²) in [5.41, 5.74) is 6.25. The minimum Gasteiger partial charge on any atom is -0.465 e. The first-order valence-electron chi connectivity index (χ1n) is 13.8. The van der Waals surface area contributed by atoms with Crippen molar-refractivity contribution >= 4 is 29.0 Å². The van der Waals surface area contributed by atoms with Crippen LogP contribution in [0.3, 0.4) is 0 Å². The highest BCUT2D eigenvalue weighted by molar-refractivity contribution is 6.03. The molecule has 0 unspecified atom stereocenters. The van der Waals surface area contributed by atoms with Gasteiger partial charge in [0, 0.05) is 18.7 Å². The van der Waals surface area contributed by atoms with Crippen LogP contribution in [-0.4, -0.2) is 43.2 Å². The number of nitrogens with zero attached hydrogens (tertiary/aromatic N) is 2. The molecule has 0 spiro atoms. The minimum atomic E-state index is -0.349. The van der Waals surface area contributed by atoms with E-state index in [1.165, 1.54) is 12.7 Å². The molecule has 0 atom stereocenters. The summed E-state index contributed by atoms with van der Waals surface area (Å²) in [7, 11) is 1.38. The van der Waals surface area contributed by atoms with Gasteiger partial charge < -0.3 is 24.1 Å². The number of furan rings is 1. The molecule has 1 aliphatic heterocycles.